The molecular formula is C14H14ClN3O2. The van der Waals surface area contributed by atoms with E-state index in [1.807, 2.05) is 19.1 Å². The maximum Gasteiger partial charge on any atom is 0.176 e. The van der Waals surface area contributed by atoms with Gasteiger partial charge in [-0.1, -0.05) is 17.7 Å². The molecule has 1 heterocycles. The number of hydrogen-bond acceptors (Lipinski definition) is 5. The van der Waals surface area contributed by atoms with Crippen molar-refractivity contribution in [1.29, 1.82) is 0 Å². The van der Waals surface area contributed by atoms with E-state index in [9.17, 15) is 5.11 Å². The second-order valence-electron chi connectivity index (χ2n) is 3.87. The number of pyridine rings is 1. The molecule has 104 valence electrons. The maximum absolute atomic E-state index is 9.73. The van der Waals surface area contributed by atoms with Crippen molar-refractivity contribution in [2.24, 2.45) is 5.10 Å². The van der Waals surface area contributed by atoms with E-state index in [1.165, 1.54) is 0 Å². The highest BCUT2D eigenvalue weighted by Gasteiger charge is 2.08. The number of halogens is 1. The first-order valence-electron chi connectivity index (χ1n) is 6.06. The molecule has 2 aromatic rings. The Hall–Kier alpha value is -2.27. The minimum absolute atomic E-state index is 0.0663. The molecule has 5 nitrogen and oxygen atoms in total. The van der Waals surface area contributed by atoms with Gasteiger partial charge in [0.05, 0.1) is 17.8 Å². The Kier molecular flexibility index (Phi) is 4.79. The van der Waals surface area contributed by atoms with Gasteiger partial charge in [0.15, 0.2) is 11.5 Å². The first-order valence-corrected chi connectivity index (χ1v) is 6.44. The third kappa shape index (κ3) is 3.61. The van der Waals surface area contributed by atoms with Gasteiger partial charge >= 0.3 is 0 Å². The molecule has 20 heavy (non-hydrogen) atoms. The zero-order valence-electron chi connectivity index (χ0n) is 10.9. The second-order valence-corrected chi connectivity index (χ2v) is 4.27. The number of hydrazone groups is 1. The van der Waals surface area contributed by atoms with E-state index in [0.29, 0.717) is 23.7 Å². The van der Waals surface area contributed by atoms with Crippen LogP contribution in [0.25, 0.3) is 0 Å². The van der Waals surface area contributed by atoms with Crippen LogP contribution in [0.5, 0.6) is 11.5 Å². The van der Waals surface area contributed by atoms with Gasteiger partial charge in [0.1, 0.15) is 5.82 Å². The van der Waals surface area contributed by atoms with E-state index >= 15 is 0 Å². The van der Waals surface area contributed by atoms with Gasteiger partial charge in [0.2, 0.25) is 0 Å². The van der Waals surface area contributed by atoms with Crippen molar-refractivity contribution in [3.8, 4) is 11.5 Å². The number of aromatic hydroxyl groups is 1. The van der Waals surface area contributed by atoms with Gasteiger partial charge in [0.25, 0.3) is 0 Å². The summed E-state index contributed by atoms with van der Waals surface area (Å²) in [4.78, 5) is 4.07. The molecular weight excluding hydrogens is 278 g/mol. The van der Waals surface area contributed by atoms with Crippen LogP contribution < -0.4 is 10.2 Å². The lowest BCUT2D eigenvalue weighted by Crippen LogP contribution is -1.95. The molecule has 0 saturated heterocycles. The molecule has 0 amide bonds. The second kappa shape index (κ2) is 6.77. The van der Waals surface area contributed by atoms with E-state index in [1.54, 1.807) is 30.6 Å². The fourth-order valence-corrected chi connectivity index (χ4v) is 1.75. The van der Waals surface area contributed by atoms with Crippen LogP contribution in [-0.2, 0) is 0 Å². The summed E-state index contributed by atoms with van der Waals surface area (Å²) in [6, 6.07) is 8.74. The monoisotopic (exact) mass is 291 g/mol. The number of phenols is 1. The zero-order valence-corrected chi connectivity index (χ0v) is 11.6. The number of hydrogen-bond donors (Lipinski definition) is 2. The number of anilines is 1. The molecule has 0 saturated carbocycles. The van der Waals surface area contributed by atoms with Crippen molar-refractivity contribution in [1.82, 2.24) is 4.98 Å². The zero-order chi connectivity index (χ0) is 14.4. The normalized spacial score (nSPS) is 10.7. The summed E-state index contributed by atoms with van der Waals surface area (Å²) in [5.41, 5.74) is 3.50. The molecule has 6 heteroatoms. The number of nitrogens with zero attached hydrogens (tertiary/aromatic N) is 2. The number of benzene rings is 1. The number of aromatic nitrogens is 1. The number of rotatable bonds is 5. The molecule has 0 atom stereocenters. The van der Waals surface area contributed by atoms with Crippen molar-refractivity contribution < 1.29 is 9.84 Å². The van der Waals surface area contributed by atoms with E-state index in [4.69, 9.17) is 16.3 Å². The lowest BCUT2D eigenvalue weighted by molar-refractivity contribution is 0.318. The largest absolute Gasteiger partial charge is 0.503 e. The Morgan fingerprint density at radius 2 is 2.30 bits per heavy atom. The molecule has 0 unspecified atom stereocenters. The van der Waals surface area contributed by atoms with Crippen LogP contribution in [0.15, 0.2) is 41.6 Å². The third-order valence-corrected chi connectivity index (χ3v) is 2.70. The van der Waals surface area contributed by atoms with Gasteiger partial charge in [0, 0.05) is 6.20 Å². The van der Waals surface area contributed by atoms with Gasteiger partial charge in [-0.25, -0.2) is 4.98 Å². The highest BCUT2D eigenvalue weighted by atomic mass is 35.5. The Morgan fingerprint density at radius 3 is 3.00 bits per heavy atom. The molecule has 2 N–H and O–H groups in total. The predicted octanol–water partition coefficient (Wildman–Crippen LogP) is 3.29. The van der Waals surface area contributed by atoms with Crippen LogP contribution in [0.1, 0.15) is 12.5 Å². The van der Waals surface area contributed by atoms with E-state index < -0.39 is 0 Å². The van der Waals surface area contributed by atoms with E-state index in [2.05, 4.69) is 15.5 Å². The average molecular weight is 292 g/mol. The summed E-state index contributed by atoms with van der Waals surface area (Å²) in [6.45, 7) is 2.27. The van der Waals surface area contributed by atoms with Gasteiger partial charge < -0.3 is 9.84 Å². The number of ether oxygens (including phenoxy) is 1. The lowest BCUT2D eigenvalue weighted by Gasteiger charge is -2.08. The van der Waals surface area contributed by atoms with Crippen molar-refractivity contribution in [2.45, 2.75) is 6.92 Å². The molecule has 0 fully saturated rings. The van der Waals surface area contributed by atoms with Gasteiger partial charge in [-0.15, -0.1) is 0 Å². The number of nitrogens with one attached hydrogen (secondary N) is 1. The molecule has 0 aliphatic rings. The SMILES string of the molecule is CCOc1cc(/C=N/Nc2ccccn2)cc(Cl)c1O. The van der Waals surface area contributed by atoms with Crippen molar-refractivity contribution in [2.75, 3.05) is 12.0 Å². The first-order chi connectivity index (χ1) is 9.70. The quantitative estimate of drug-likeness (QED) is 0.655. The van der Waals surface area contributed by atoms with Crippen molar-refractivity contribution >= 4 is 23.6 Å². The average Bonchev–Trinajstić information content (AvgIpc) is 2.45. The Bertz CT molecular complexity index is 603. The predicted molar refractivity (Wildman–Crippen MR) is 79.7 cm³/mol. The summed E-state index contributed by atoms with van der Waals surface area (Å²) < 4.78 is 5.29. The molecule has 0 spiro atoms. The van der Waals surface area contributed by atoms with Crippen LogP contribution in [0.4, 0.5) is 5.82 Å². The van der Waals surface area contributed by atoms with Crippen LogP contribution in [0, 0.1) is 0 Å². The smallest absolute Gasteiger partial charge is 0.176 e. The molecule has 1 aromatic heterocycles. The molecule has 1 aromatic carbocycles. The van der Waals surface area contributed by atoms with Gasteiger partial charge in [-0.05, 0) is 36.8 Å². The maximum atomic E-state index is 9.73. The third-order valence-electron chi connectivity index (χ3n) is 2.41. The minimum Gasteiger partial charge on any atom is -0.503 e. The summed E-state index contributed by atoms with van der Waals surface area (Å²) in [5.74, 6) is 0.904. The highest BCUT2D eigenvalue weighted by molar-refractivity contribution is 6.32. The van der Waals surface area contributed by atoms with Crippen molar-refractivity contribution in [3.63, 3.8) is 0 Å². The van der Waals surface area contributed by atoms with Crippen LogP contribution in [0.2, 0.25) is 5.02 Å². The Balaban J connectivity index is 2.13. The topological polar surface area (TPSA) is 66.7 Å². The summed E-state index contributed by atoms with van der Waals surface area (Å²) >= 11 is 5.93. The van der Waals surface area contributed by atoms with Gasteiger partial charge in [-0.2, -0.15) is 5.10 Å². The highest BCUT2D eigenvalue weighted by Crippen LogP contribution is 2.34. The molecule has 0 radical (unpaired) electrons. The van der Waals surface area contributed by atoms with Crippen LogP contribution in [0.3, 0.4) is 0 Å². The molecule has 0 aliphatic heterocycles. The van der Waals surface area contributed by atoms with Gasteiger partial charge in [-0.3, -0.25) is 5.43 Å². The summed E-state index contributed by atoms with van der Waals surface area (Å²) in [6.07, 6.45) is 3.24. The molecule has 0 bridgehead atoms. The minimum atomic E-state index is -0.0663. The summed E-state index contributed by atoms with van der Waals surface area (Å²) in [5, 5.41) is 14.0. The van der Waals surface area contributed by atoms with Crippen LogP contribution >= 0.6 is 11.6 Å². The first kappa shape index (κ1) is 14.1. The fourth-order valence-electron chi connectivity index (χ4n) is 1.54. The number of phenolic OH excluding ortho intramolecular Hbond substituents is 1. The van der Waals surface area contributed by atoms with Crippen molar-refractivity contribution in [3.05, 3.63) is 47.1 Å². The van der Waals surface area contributed by atoms with E-state index in [0.717, 1.165) is 0 Å². The van der Waals surface area contributed by atoms with E-state index in [-0.39, 0.29) is 10.8 Å². The van der Waals surface area contributed by atoms with Crippen LogP contribution in [-0.4, -0.2) is 22.9 Å². The standard InChI is InChI=1S/C14H14ClN3O2/c1-2-20-12-8-10(7-11(15)14(12)19)9-17-18-13-5-3-4-6-16-13/h3-9,19H,2H2,1H3,(H,16,18)/b17-9+. The Morgan fingerprint density at radius 1 is 1.45 bits per heavy atom. The Labute approximate surface area is 121 Å². The fraction of sp³-hybridized carbons (Fsp3) is 0.143. The molecule has 2 rings (SSSR count). The molecule has 0 aliphatic carbocycles. The lowest BCUT2D eigenvalue weighted by atomic mass is 10.2. The summed E-state index contributed by atoms with van der Waals surface area (Å²) in [7, 11) is 0.